The van der Waals surface area contributed by atoms with Crippen LogP contribution in [-0.2, 0) is 6.42 Å². The highest BCUT2D eigenvalue weighted by molar-refractivity contribution is 5.79. The van der Waals surface area contributed by atoms with Crippen LogP contribution >= 0.6 is 0 Å². The van der Waals surface area contributed by atoms with E-state index in [2.05, 4.69) is 67.6 Å². The topological polar surface area (TPSA) is 0 Å². The summed E-state index contributed by atoms with van der Waals surface area (Å²) in [6, 6.07) is 13.5. The van der Waals surface area contributed by atoms with Gasteiger partial charge in [0.1, 0.15) is 0 Å². The molecule has 0 atom stereocenters. The van der Waals surface area contributed by atoms with Gasteiger partial charge in [-0.3, -0.25) is 0 Å². The molecule has 0 saturated heterocycles. The Labute approximate surface area is 114 Å². The summed E-state index contributed by atoms with van der Waals surface area (Å²) in [6.07, 6.45) is 9.90. The van der Waals surface area contributed by atoms with Gasteiger partial charge in [0.15, 0.2) is 0 Å². The van der Waals surface area contributed by atoms with Gasteiger partial charge in [-0.1, -0.05) is 60.7 Å². The average molecular weight is 244 g/mol. The molecule has 92 valence electrons. The van der Waals surface area contributed by atoms with E-state index >= 15 is 0 Å². The van der Waals surface area contributed by atoms with Gasteiger partial charge in [0, 0.05) is 5.92 Å². The predicted octanol–water partition coefficient (Wildman–Crippen LogP) is 4.78. The third-order valence-corrected chi connectivity index (χ3v) is 4.24. The summed E-state index contributed by atoms with van der Waals surface area (Å²) in [5, 5.41) is 0. The zero-order valence-electron chi connectivity index (χ0n) is 11.1. The summed E-state index contributed by atoms with van der Waals surface area (Å²) in [7, 11) is 0. The third kappa shape index (κ3) is 1.60. The number of aryl methyl sites for hydroxylation is 1. The van der Waals surface area contributed by atoms with E-state index in [1.54, 1.807) is 0 Å². The molecule has 19 heavy (non-hydrogen) atoms. The number of benzene rings is 2. The van der Waals surface area contributed by atoms with Crippen molar-refractivity contribution in [2.75, 3.05) is 0 Å². The molecule has 0 fully saturated rings. The SMILES string of the molecule is Cc1cc(C2C=CC=C2)cc2c1-c1ccccc1C2. The van der Waals surface area contributed by atoms with Gasteiger partial charge in [-0.05, 0) is 46.7 Å². The van der Waals surface area contributed by atoms with Gasteiger partial charge < -0.3 is 0 Å². The van der Waals surface area contributed by atoms with Crippen LogP contribution in [0.25, 0.3) is 11.1 Å². The molecule has 0 aliphatic heterocycles. The highest BCUT2D eigenvalue weighted by Crippen LogP contribution is 2.40. The maximum absolute atomic E-state index is 2.40. The Morgan fingerprint density at radius 3 is 2.58 bits per heavy atom. The van der Waals surface area contributed by atoms with E-state index in [9.17, 15) is 0 Å². The van der Waals surface area contributed by atoms with Crippen LogP contribution in [-0.4, -0.2) is 0 Å². The van der Waals surface area contributed by atoms with Crippen molar-refractivity contribution < 1.29 is 0 Å². The van der Waals surface area contributed by atoms with Crippen LogP contribution in [0.4, 0.5) is 0 Å². The molecule has 2 aromatic rings. The normalized spacial score (nSPS) is 15.8. The minimum atomic E-state index is 0.465. The van der Waals surface area contributed by atoms with Gasteiger partial charge >= 0.3 is 0 Å². The molecule has 0 nitrogen and oxygen atoms in total. The standard InChI is InChI=1S/C19H16/c1-13-10-16(14-6-2-3-7-14)12-17-11-15-8-4-5-9-18(15)19(13)17/h2-10,12,14H,11H2,1H3. The van der Waals surface area contributed by atoms with Crippen LogP contribution in [0.1, 0.15) is 28.2 Å². The van der Waals surface area contributed by atoms with Crippen molar-refractivity contribution in [1.82, 2.24) is 0 Å². The van der Waals surface area contributed by atoms with Crippen LogP contribution < -0.4 is 0 Å². The number of hydrogen-bond acceptors (Lipinski definition) is 0. The van der Waals surface area contributed by atoms with Gasteiger partial charge in [0.05, 0.1) is 0 Å². The number of rotatable bonds is 1. The van der Waals surface area contributed by atoms with Gasteiger partial charge in [-0.25, -0.2) is 0 Å². The minimum Gasteiger partial charge on any atom is -0.0732 e. The Balaban J connectivity index is 1.88. The first kappa shape index (κ1) is 10.8. The molecule has 0 heteroatoms. The maximum atomic E-state index is 2.40. The van der Waals surface area contributed by atoms with Crippen molar-refractivity contribution in [3.05, 3.63) is 83.0 Å². The molecule has 2 aromatic carbocycles. The molecule has 2 aliphatic carbocycles. The van der Waals surface area contributed by atoms with Crippen molar-refractivity contribution in [2.45, 2.75) is 19.3 Å². The first-order chi connectivity index (χ1) is 9.33. The summed E-state index contributed by atoms with van der Waals surface area (Å²) < 4.78 is 0. The first-order valence-corrected chi connectivity index (χ1v) is 6.89. The molecular formula is C19H16. The van der Waals surface area contributed by atoms with Crippen molar-refractivity contribution in [1.29, 1.82) is 0 Å². The highest BCUT2D eigenvalue weighted by atomic mass is 14.3. The fourth-order valence-corrected chi connectivity index (χ4v) is 3.39. The molecule has 0 spiro atoms. The van der Waals surface area contributed by atoms with Gasteiger partial charge in [0.25, 0.3) is 0 Å². The summed E-state index contributed by atoms with van der Waals surface area (Å²) in [4.78, 5) is 0. The summed E-state index contributed by atoms with van der Waals surface area (Å²) >= 11 is 0. The van der Waals surface area contributed by atoms with Crippen LogP contribution in [0, 0.1) is 6.92 Å². The van der Waals surface area contributed by atoms with Crippen LogP contribution in [0.2, 0.25) is 0 Å². The second-order valence-corrected chi connectivity index (χ2v) is 5.50. The Bertz CT molecular complexity index is 705. The highest BCUT2D eigenvalue weighted by Gasteiger charge is 2.21. The summed E-state index contributed by atoms with van der Waals surface area (Å²) in [5.41, 5.74) is 8.68. The molecule has 0 heterocycles. The smallest absolute Gasteiger partial charge is 0.0205 e. The van der Waals surface area contributed by atoms with E-state index in [1.165, 1.54) is 33.4 Å². The fraction of sp³-hybridized carbons (Fsp3) is 0.158. The first-order valence-electron chi connectivity index (χ1n) is 6.89. The molecular weight excluding hydrogens is 228 g/mol. The molecule has 4 rings (SSSR count). The third-order valence-electron chi connectivity index (χ3n) is 4.24. The second kappa shape index (κ2) is 3.96. The molecule has 0 radical (unpaired) electrons. The quantitative estimate of drug-likeness (QED) is 0.578. The maximum Gasteiger partial charge on any atom is 0.0205 e. The predicted molar refractivity (Wildman–Crippen MR) is 80.4 cm³/mol. The summed E-state index contributed by atoms with van der Waals surface area (Å²) in [6.45, 7) is 2.24. The van der Waals surface area contributed by atoms with E-state index < -0.39 is 0 Å². The Kier molecular flexibility index (Phi) is 2.25. The summed E-state index contributed by atoms with van der Waals surface area (Å²) in [5.74, 6) is 0.465. The Morgan fingerprint density at radius 1 is 0.947 bits per heavy atom. The Hall–Kier alpha value is -2.08. The van der Waals surface area contributed by atoms with Gasteiger partial charge in [-0.2, -0.15) is 0 Å². The zero-order chi connectivity index (χ0) is 12.8. The van der Waals surface area contributed by atoms with Crippen LogP contribution in [0.5, 0.6) is 0 Å². The lowest BCUT2D eigenvalue weighted by Gasteiger charge is -2.12. The molecule has 2 aliphatic rings. The van der Waals surface area contributed by atoms with Crippen molar-refractivity contribution in [3.63, 3.8) is 0 Å². The molecule has 0 N–H and O–H groups in total. The number of allylic oxidation sites excluding steroid dienone is 4. The van der Waals surface area contributed by atoms with Gasteiger partial charge in [-0.15, -0.1) is 0 Å². The van der Waals surface area contributed by atoms with Crippen LogP contribution in [0.15, 0.2) is 60.7 Å². The minimum absolute atomic E-state index is 0.465. The van der Waals surface area contributed by atoms with Crippen LogP contribution in [0.3, 0.4) is 0 Å². The number of fused-ring (bicyclic) bond motifs is 3. The molecule has 0 saturated carbocycles. The molecule has 0 aromatic heterocycles. The lowest BCUT2D eigenvalue weighted by atomic mass is 9.92. The second-order valence-electron chi connectivity index (χ2n) is 5.50. The number of hydrogen-bond donors (Lipinski definition) is 0. The lowest BCUT2D eigenvalue weighted by molar-refractivity contribution is 1.08. The van der Waals surface area contributed by atoms with Gasteiger partial charge in [0.2, 0.25) is 0 Å². The molecule has 0 amide bonds. The van der Waals surface area contributed by atoms with Crippen molar-refractivity contribution >= 4 is 0 Å². The fourth-order valence-electron chi connectivity index (χ4n) is 3.39. The van der Waals surface area contributed by atoms with E-state index in [0.717, 1.165) is 6.42 Å². The van der Waals surface area contributed by atoms with Crippen molar-refractivity contribution in [3.8, 4) is 11.1 Å². The monoisotopic (exact) mass is 244 g/mol. The molecule has 0 bridgehead atoms. The average Bonchev–Trinajstić information content (AvgIpc) is 3.05. The van der Waals surface area contributed by atoms with E-state index in [4.69, 9.17) is 0 Å². The molecule has 0 unspecified atom stereocenters. The largest absolute Gasteiger partial charge is 0.0732 e. The van der Waals surface area contributed by atoms with Crippen molar-refractivity contribution in [2.24, 2.45) is 0 Å². The van der Waals surface area contributed by atoms with E-state index in [-0.39, 0.29) is 0 Å². The zero-order valence-corrected chi connectivity index (χ0v) is 11.1. The Morgan fingerprint density at radius 2 is 1.74 bits per heavy atom. The lowest BCUT2D eigenvalue weighted by Crippen LogP contribution is -1.94. The van der Waals surface area contributed by atoms with E-state index in [1.807, 2.05) is 0 Å². The van der Waals surface area contributed by atoms with E-state index in [0.29, 0.717) is 5.92 Å².